The smallest absolute Gasteiger partial charge is 0.278 e. The molecule has 0 heterocycles. The molecule has 0 aromatic rings. The summed E-state index contributed by atoms with van der Waals surface area (Å²) in [6, 6.07) is 0. The zero-order valence-electron chi connectivity index (χ0n) is 10.9. The van der Waals surface area contributed by atoms with E-state index in [9.17, 15) is 13.2 Å². The van der Waals surface area contributed by atoms with E-state index in [0.29, 0.717) is 13.2 Å². The molecule has 108 valence electrons. The molecule has 0 fully saturated rings. The molecule has 0 aliphatic rings. The van der Waals surface area contributed by atoms with Crippen LogP contribution in [0.5, 0.6) is 0 Å². The number of ether oxygens (including phenoxy) is 2. The van der Waals surface area contributed by atoms with Gasteiger partial charge in [0.15, 0.2) is 0 Å². The monoisotopic (exact) mass is 283 g/mol. The van der Waals surface area contributed by atoms with Crippen LogP contribution in [0.2, 0.25) is 0 Å². The number of rotatable bonds is 10. The Kier molecular flexibility index (Phi) is 8.85. The number of nitrogens with one attached hydrogen (secondary N) is 2. The van der Waals surface area contributed by atoms with Gasteiger partial charge in [0.2, 0.25) is 5.91 Å². The van der Waals surface area contributed by atoms with Crippen LogP contribution in [0.25, 0.3) is 0 Å². The number of carbonyl (C=O) groups excluding carboxylic acids is 1. The van der Waals surface area contributed by atoms with E-state index in [1.54, 1.807) is 7.11 Å². The SMILES string of the molecule is COCCOCC(=O)NCCNS(=O)(=O)N(C)C. The van der Waals surface area contributed by atoms with Crippen LogP contribution in [0.1, 0.15) is 0 Å². The highest BCUT2D eigenvalue weighted by molar-refractivity contribution is 7.87. The minimum absolute atomic E-state index is 0.0657. The van der Waals surface area contributed by atoms with Crippen LogP contribution < -0.4 is 10.0 Å². The minimum atomic E-state index is -3.44. The van der Waals surface area contributed by atoms with Crippen LogP contribution >= 0.6 is 0 Å². The predicted molar refractivity (Wildman–Crippen MR) is 66.3 cm³/mol. The summed E-state index contributed by atoms with van der Waals surface area (Å²) in [7, 11) is 0.948. The topological polar surface area (TPSA) is 97.0 Å². The van der Waals surface area contributed by atoms with Gasteiger partial charge in [0.1, 0.15) is 6.61 Å². The first-order valence-electron chi connectivity index (χ1n) is 5.40. The van der Waals surface area contributed by atoms with Gasteiger partial charge in [-0.2, -0.15) is 12.7 Å². The van der Waals surface area contributed by atoms with Gasteiger partial charge in [0.25, 0.3) is 10.2 Å². The minimum Gasteiger partial charge on any atom is -0.382 e. The molecular formula is C9H21N3O5S. The van der Waals surface area contributed by atoms with E-state index in [1.165, 1.54) is 14.1 Å². The third-order valence-corrected chi connectivity index (χ3v) is 3.41. The second-order valence-electron chi connectivity index (χ2n) is 3.58. The third kappa shape index (κ3) is 8.37. The fourth-order valence-corrected chi connectivity index (χ4v) is 1.49. The number of nitrogens with zero attached hydrogens (tertiary/aromatic N) is 1. The van der Waals surface area contributed by atoms with E-state index in [2.05, 4.69) is 10.0 Å². The maximum atomic E-state index is 11.3. The van der Waals surface area contributed by atoms with Crippen molar-refractivity contribution >= 4 is 16.1 Å². The molecule has 0 radical (unpaired) electrons. The molecular weight excluding hydrogens is 262 g/mol. The summed E-state index contributed by atoms with van der Waals surface area (Å²) >= 11 is 0. The standard InChI is InChI=1S/C9H21N3O5S/c1-12(2)18(14,15)11-5-4-10-9(13)8-17-7-6-16-3/h11H,4-8H2,1-3H3,(H,10,13). The van der Waals surface area contributed by atoms with Gasteiger partial charge in [-0.15, -0.1) is 0 Å². The summed E-state index contributed by atoms with van der Waals surface area (Å²) in [6.45, 7) is 1.04. The van der Waals surface area contributed by atoms with Crippen LogP contribution in [-0.4, -0.2) is 72.7 Å². The zero-order valence-corrected chi connectivity index (χ0v) is 11.7. The third-order valence-electron chi connectivity index (χ3n) is 1.88. The Morgan fingerprint density at radius 2 is 1.89 bits per heavy atom. The molecule has 18 heavy (non-hydrogen) atoms. The summed E-state index contributed by atoms with van der Waals surface area (Å²) in [5.74, 6) is -0.296. The first-order chi connectivity index (χ1) is 8.40. The van der Waals surface area contributed by atoms with Gasteiger partial charge in [-0.05, 0) is 0 Å². The molecule has 0 unspecified atom stereocenters. The molecule has 0 saturated heterocycles. The van der Waals surface area contributed by atoms with E-state index in [-0.39, 0.29) is 25.6 Å². The number of hydrogen-bond acceptors (Lipinski definition) is 5. The molecule has 0 atom stereocenters. The van der Waals surface area contributed by atoms with Crippen molar-refractivity contribution < 1.29 is 22.7 Å². The van der Waals surface area contributed by atoms with Crippen molar-refractivity contribution in [1.82, 2.24) is 14.3 Å². The molecule has 1 amide bonds. The van der Waals surface area contributed by atoms with Crippen LogP contribution in [0.15, 0.2) is 0 Å². The molecule has 8 nitrogen and oxygen atoms in total. The van der Waals surface area contributed by atoms with Gasteiger partial charge < -0.3 is 14.8 Å². The Morgan fingerprint density at radius 1 is 1.22 bits per heavy atom. The first kappa shape index (κ1) is 17.3. The van der Waals surface area contributed by atoms with Crippen molar-refractivity contribution in [1.29, 1.82) is 0 Å². The fourth-order valence-electron chi connectivity index (χ4n) is 0.869. The summed E-state index contributed by atoms with van der Waals surface area (Å²) < 4.78 is 35.7. The van der Waals surface area contributed by atoms with E-state index < -0.39 is 10.2 Å². The molecule has 0 aliphatic carbocycles. The lowest BCUT2D eigenvalue weighted by molar-refractivity contribution is -0.126. The van der Waals surface area contributed by atoms with E-state index in [4.69, 9.17) is 9.47 Å². The molecule has 9 heteroatoms. The van der Waals surface area contributed by atoms with Crippen molar-refractivity contribution in [3.8, 4) is 0 Å². The van der Waals surface area contributed by atoms with Gasteiger partial charge in [0, 0.05) is 34.3 Å². The summed E-state index contributed by atoms with van der Waals surface area (Å²) in [5, 5.41) is 2.52. The van der Waals surface area contributed by atoms with Gasteiger partial charge in [0.05, 0.1) is 13.2 Å². The maximum absolute atomic E-state index is 11.3. The Labute approximate surface area is 108 Å². The molecule has 0 aliphatic heterocycles. The van der Waals surface area contributed by atoms with Crippen molar-refractivity contribution in [2.45, 2.75) is 0 Å². The highest BCUT2D eigenvalue weighted by atomic mass is 32.2. The number of methoxy groups -OCH3 is 1. The van der Waals surface area contributed by atoms with Crippen LogP contribution in [0, 0.1) is 0 Å². The van der Waals surface area contributed by atoms with E-state index >= 15 is 0 Å². The summed E-state index contributed by atoms with van der Waals surface area (Å²) in [6.07, 6.45) is 0. The van der Waals surface area contributed by atoms with Gasteiger partial charge in [-0.25, -0.2) is 4.72 Å². The maximum Gasteiger partial charge on any atom is 0.278 e. The lowest BCUT2D eigenvalue weighted by atomic mass is 10.5. The molecule has 2 N–H and O–H groups in total. The predicted octanol–water partition coefficient (Wildman–Crippen LogP) is -1.84. The highest BCUT2D eigenvalue weighted by Gasteiger charge is 2.11. The Bertz CT molecular complexity index is 331. The Hall–Kier alpha value is -0.740. The van der Waals surface area contributed by atoms with Crippen molar-refractivity contribution in [3.63, 3.8) is 0 Å². The summed E-state index contributed by atoms with van der Waals surface area (Å²) in [4.78, 5) is 11.2. The lowest BCUT2D eigenvalue weighted by Crippen LogP contribution is -2.41. The van der Waals surface area contributed by atoms with Crippen LogP contribution in [0.4, 0.5) is 0 Å². The molecule has 0 saturated carbocycles. The fraction of sp³-hybridized carbons (Fsp3) is 0.889. The Morgan fingerprint density at radius 3 is 2.44 bits per heavy atom. The molecule has 0 spiro atoms. The number of amides is 1. The molecule has 0 aromatic carbocycles. The van der Waals surface area contributed by atoms with Crippen molar-refractivity contribution in [3.05, 3.63) is 0 Å². The van der Waals surface area contributed by atoms with E-state index in [1.807, 2.05) is 0 Å². The molecule has 0 bridgehead atoms. The van der Waals surface area contributed by atoms with Crippen molar-refractivity contribution in [2.75, 3.05) is 54.1 Å². The lowest BCUT2D eigenvalue weighted by Gasteiger charge is -2.12. The second kappa shape index (κ2) is 9.22. The Balaban J connectivity index is 3.58. The van der Waals surface area contributed by atoms with Crippen molar-refractivity contribution in [2.24, 2.45) is 0 Å². The molecule has 0 aromatic heterocycles. The largest absolute Gasteiger partial charge is 0.382 e. The van der Waals surface area contributed by atoms with Gasteiger partial charge in [-0.3, -0.25) is 4.79 Å². The quantitative estimate of drug-likeness (QED) is 0.459. The number of hydrogen-bond donors (Lipinski definition) is 2. The average molecular weight is 283 g/mol. The summed E-state index contributed by atoms with van der Waals surface area (Å²) in [5.41, 5.74) is 0. The normalized spacial score (nSPS) is 11.8. The van der Waals surface area contributed by atoms with Gasteiger partial charge >= 0.3 is 0 Å². The molecule has 0 rings (SSSR count). The average Bonchev–Trinajstić information content (AvgIpc) is 2.30. The first-order valence-corrected chi connectivity index (χ1v) is 6.84. The van der Waals surface area contributed by atoms with Crippen LogP contribution in [-0.2, 0) is 24.5 Å². The number of carbonyl (C=O) groups is 1. The van der Waals surface area contributed by atoms with Gasteiger partial charge in [-0.1, -0.05) is 0 Å². The zero-order chi connectivity index (χ0) is 14.0. The highest BCUT2D eigenvalue weighted by Crippen LogP contribution is 1.85. The second-order valence-corrected chi connectivity index (χ2v) is 5.55. The van der Waals surface area contributed by atoms with Crippen LogP contribution in [0.3, 0.4) is 0 Å². The van der Waals surface area contributed by atoms with E-state index in [0.717, 1.165) is 4.31 Å².